The van der Waals surface area contributed by atoms with E-state index in [2.05, 4.69) is 23.2 Å². The number of hydrogen-bond donors (Lipinski definition) is 2. The summed E-state index contributed by atoms with van der Waals surface area (Å²) >= 11 is 0. The van der Waals surface area contributed by atoms with Gasteiger partial charge in [0.2, 0.25) is 11.8 Å². The van der Waals surface area contributed by atoms with Crippen molar-refractivity contribution in [3.63, 3.8) is 0 Å². The van der Waals surface area contributed by atoms with E-state index in [1.54, 1.807) is 7.11 Å². The van der Waals surface area contributed by atoms with Crippen molar-refractivity contribution >= 4 is 0 Å². The molecule has 152 valence electrons. The Morgan fingerprint density at radius 3 is 2.67 bits per heavy atom. The number of ether oxygens (including phenoxy) is 3. The van der Waals surface area contributed by atoms with Crippen molar-refractivity contribution in [2.24, 2.45) is 5.73 Å². The standard InChI is InChI=1S/C23H22N4O3/c1-3-12-29-15-10-8-14(9-11-15)21-20-19(16-6-4-5-7-18(16)28-2)17(13-24)22(25)30-23(20)27-26-21/h4-11,19H,3,12,25H2,1-2H3,(H,26,27). The Morgan fingerprint density at radius 1 is 1.20 bits per heavy atom. The van der Waals surface area contributed by atoms with Gasteiger partial charge in [0.05, 0.1) is 30.9 Å². The predicted molar refractivity (Wildman–Crippen MR) is 112 cm³/mol. The van der Waals surface area contributed by atoms with Crippen LogP contribution in [0.4, 0.5) is 0 Å². The van der Waals surface area contributed by atoms with Crippen LogP contribution < -0.4 is 19.9 Å². The molecule has 0 saturated heterocycles. The summed E-state index contributed by atoms with van der Waals surface area (Å²) in [6, 6.07) is 17.5. The molecule has 0 radical (unpaired) electrons. The predicted octanol–water partition coefficient (Wildman–Crippen LogP) is 4.09. The molecule has 3 N–H and O–H groups in total. The third kappa shape index (κ3) is 3.33. The van der Waals surface area contributed by atoms with Gasteiger partial charge in [0.15, 0.2) is 0 Å². The number of aromatic nitrogens is 2. The van der Waals surface area contributed by atoms with E-state index in [1.165, 1.54) is 0 Å². The van der Waals surface area contributed by atoms with Gasteiger partial charge < -0.3 is 19.9 Å². The number of nitrogens with one attached hydrogen (secondary N) is 1. The third-order valence-corrected chi connectivity index (χ3v) is 5.00. The van der Waals surface area contributed by atoms with Crippen LogP contribution in [0.25, 0.3) is 11.3 Å². The largest absolute Gasteiger partial charge is 0.496 e. The normalized spacial score (nSPS) is 15.2. The maximum Gasteiger partial charge on any atom is 0.244 e. The minimum absolute atomic E-state index is 0.0438. The molecule has 1 atom stereocenters. The Balaban J connectivity index is 1.84. The molecule has 0 amide bonds. The van der Waals surface area contributed by atoms with Crippen LogP contribution in [0, 0.1) is 11.3 Å². The highest BCUT2D eigenvalue weighted by Gasteiger charge is 2.36. The summed E-state index contributed by atoms with van der Waals surface area (Å²) in [5.74, 6) is 1.38. The maximum absolute atomic E-state index is 9.84. The molecule has 2 aromatic carbocycles. The highest BCUT2D eigenvalue weighted by Crippen LogP contribution is 2.47. The lowest BCUT2D eigenvalue weighted by molar-refractivity contribution is 0.317. The monoisotopic (exact) mass is 402 g/mol. The van der Waals surface area contributed by atoms with Crippen molar-refractivity contribution in [2.45, 2.75) is 19.3 Å². The highest BCUT2D eigenvalue weighted by molar-refractivity contribution is 5.72. The molecular formula is C23H22N4O3. The summed E-state index contributed by atoms with van der Waals surface area (Å²) in [5, 5.41) is 17.2. The van der Waals surface area contributed by atoms with E-state index in [9.17, 15) is 5.26 Å². The Morgan fingerprint density at radius 2 is 1.97 bits per heavy atom. The minimum Gasteiger partial charge on any atom is -0.496 e. The average Bonchev–Trinajstić information content (AvgIpc) is 3.20. The molecule has 3 aromatic rings. The molecule has 7 heteroatoms. The Labute approximate surface area is 174 Å². The van der Waals surface area contributed by atoms with Gasteiger partial charge in [0.25, 0.3) is 0 Å². The van der Waals surface area contributed by atoms with E-state index in [-0.39, 0.29) is 5.88 Å². The average molecular weight is 402 g/mol. The molecule has 2 heterocycles. The summed E-state index contributed by atoms with van der Waals surface area (Å²) in [7, 11) is 1.60. The fourth-order valence-corrected chi connectivity index (χ4v) is 3.62. The fourth-order valence-electron chi connectivity index (χ4n) is 3.62. The van der Waals surface area contributed by atoms with E-state index < -0.39 is 5.92 Å². The fraction of sp³-hybridized carbons (Fsp3) is 0.217. The van der Waals surface area contributed by atoms with E-state index in [1.807, 2.05) is 48.5 Å². The first-order chi connectivity index (χ1) is 14.7. The van der Waals surface area contributed by atoms with Gasteiger partial charge in [0, 0.05) is 11.1 Å². The Bertz CT molecular complexity index is 1130. The van der Waals surface area contributed by atoms with Crippen LogP contribution in [0.15, 0.2) is 60.0 Å². The van der Waals surface area contributed by atoms with Crippen LogP contribution in [0.5, 0.6) is 17.4 Å². The number of nitrogens with zero attached hydrogens (tertiary/aromatic N) is 2. The van der Waals surface area contributed by atoms with Gasteiger partial charge in [-0.2, -0.15) is 5.26 Å². The van der Waals surface area contributed by atoms with Crippen LogP contribution in [-0.4, -0.2) is 23.9 Å². The number of aromatic amines is 1. The second-order valence-corrected chi connectivity index (χ2v) is 6.86. The van der Waals surface area contributed by atoms with Gasteiger partial charge in [0.1, 0.15) is 23.1 Å². The molecule has 4 rings (SSSR count). The van der Waals surface area contributed by atoms with Gasteiger partial charge in [-0.15, -0.1) is 5.10 Å². The highest BCUT2D eigenvalue weighted by atomic mass is 16.5. The van der Waals surface area contributed by atoms with Gasteiger partial charge >= 0.3 is 0 Å². The van der Waals surface area contributed by atoms with Gasteiger partial charge in [-0.3, -0.25) is 5.10 Å². The maximum atomic E-state index is 9.84. The zero-order valence-corrected chi connectivity index (χ0v) is 16.8. The first-order valence-electron chi connectivity index (χ1n) is 9.69. The van der Waals surface area contributed by atoms with E-state index >= 15 is 0 Å². The van der Waals surface area contributed by atoms with Gasteiger partial charge in [-0.1, -0.05) is 25.1 Å². The molecule has 0 saturated carbocycles. The van der Waals surface area contributed by atoms with Crippen molar-refractivity contribution in [3.8, 4) is 34.7 Å². The summed E-state index contributed by atoms with van der Waals surface area (Å²) in [5.41, 5.74) is 9.59. The number of allylic oxidation sites excluding steroid dienone is 1. The van der Waals surface area contributed by atoms with Crippen molar-refractivity contribution in [2.75, 3.05) is 13.7 Å². The number of nitrogens with two attached hydrogens (primary N) is 1. The lowest BCUT2D eigenvalue weighted by Crippen LogP contribution is -2.21. The topological polar surface area (TPSA) is 106 Å². The first kappa shape index (κ1) is 19.4. The van der Waals surface area contributed by atoms with Crippen molar-refractivity contribution in [1.82, 2.24) is 10.2 Å². The summed E-state index contributed by atoms with van der Waals surface area (Å²) in [6.07, 6.45) is 0.943. The molecule has 1 aliphatic rings. The zero-order valence-electron chi connectivity index (χ0n) is 16.8. The van der Waals surface area contributed by atoms with Gasteiger partial charge in [-0.05, 0) is 36.8 Å². The molecule has 0 bridgehead atoms. The second kappa shape index (κ2) is 8.21. The van der Waals surface area contributed by atoms with Crippen LogP contribution in [0.3, 0.4) is 0 Å². The molecule has 0 aliphatic carbocycles. The van der Waals surface area contributed by atoms with Crippen molar-refractivity contribution < 1.29 is 14.2 Å². The first-order valence-corrected chi connectivity index (χ1v) is 9.69. The van der Waals surface area contributed by atoms with Gasteiger partial charge in [-0.25, -0.2) is 0 Å². The van der Waals surface area contributed by atoms with Crippen molar-refractivity contribution in [1.29, 1.82) is 5.26 Å². The SMILES string of the molecule is CCCOc1ccc(-c2[nH]nc3c2C(c2ccccc2OC)C(C#N)=C(N)O3)cc1. The van der Waals surface area contributed by atoms with Crippen LogP contribution >= 0.6 is 0 Å². The second-order valence-electron chi connectivity index (χ2n) is 6.86. The molecular weight excluding hydrogens is 380 g/mol. The lowest BCUT2D eigenvalue weighted by Gasteiger charge is -2.25. The van der Waals surface area contributed by atoms with Crippen LogP contribution in [-0.2, 0) is 0 Å². The smallest absolute Gasteiger partial charge is 0.244 e. The minimum atomic E-state index is -0.473. The molecule has 7 nitrogen and oxygen atoms in total. The zero-order chi connectivity index (χ0) is 21.1. The molecule has 30 heavy (non-hydrogen) atoms. The van der Waals surface area contributed by atoms with Crippen LogP contribution in [0.2, 0.25) is 0 Å². The number of nitriles is 1. The number of hydrogen-bond acceptors (Lipinski definition) is 6. The molecule has 1 unspecified atom stereocenters. The third-order valence-electron chi connectivity index (χ3n) is 5.00. The van der Waals surface area contributed by atoms with Crippen LogP contribution in [0.1, 0.15) is 30.4 Å². The summed E-state index contributed by atoms with van der Waals surface area (Å²) < 4.78 is 16.9. The van der Waals surface area contributed by atoms with E-state index in [4.69, 9.17) is 19.9 Å². The number of para-hydroxylation sites is 1. The molecule has 1 aliphatic heterocycles. The Kier molecular flexibility index (Phi) is 5.31. The number of benzene rings is 2. The quantitative estimate of drug-likeness (QED) is 0.643. The van der Waals surface area contributed by atoms with Crippen molar-refractivity contribution in [3.05, 3.63) is 71.1 Å². The number of H-pyrrole nitrogens is 1. The Hall–Kier alpha value is -3.92. The molecule has 0 fully saturated rings. The summed E-state index contributed by atoms with van der Waals surface area (Å²) in [4.78, 5) is 0. The molecule has 0 spiro atoms. The number of rotatable bonds is 6. The van der Waals surface area contributed by atoms with E-state index in [0.29, 0.717) is 23.8 Å². The number of methoxy groups -OCH3 is 1. The molecule has 1 aromatic heterocycles. The number of fused-ring (bicyclic) bond motifs is 1. The lowest BCUT2D eigenvalue weighted by atomic mass is 9.82. The van der Waals surface area contributed by atoms with E-state index in [0.717, 1.165) is 34.6 Å². The summed E-state index contributed by atoms with van der Waals surface area (Å²) in [6.45, 7) is 2.73.